The first kappa shape index (κ1) is 24.3. The van der Waals surface area contributed by atoms with E-state index in [1.807, 2.05) is 0 Å². The molecule has 8 rings (SSSR count). The average molecular weight is 533 g/mol. The van der Waals surface area contributed by atoms with Gasteiger partial charge >= 0.3 is 0 Å². The number of benzene rings is 8. The van der Waals surface area contributed by atoms with Crippen molar-refractivity contribution in [2.24, 2.45) is 0 Å². The van der Waals surface area contributed by atoms with E-state index in [9.17, 15) is 0 Å². The number of hydrogen-bond donors (Lipinski definition) is 0. The lowest BCUT2D eigenvalue weighted by Gasteiger charge is -2.19. The predicted octanol–water partition coefficient (Wildman–Crippen LogP) is 11.8. The van der Waals surface area contributed by atoms with Gasteiger partial charge in [-0.3, -0.25) is 0 Å². The summed E-state index contributed by atoms with van der Waals surface area (Å²) in [6, 6.07) is 61.7. The maximum Gasteiger partial charge on any atom is -0.00259 e. The lowest BCUT2D eigenvalue weighted by molar-refractivity contribution is 1.60. The van der Waals surface area contributed by atoms with Crippen molar-refractivity contribution in [3.05, 3.63) is 170 Å². The topological polar surface area (TPSA) is 0 Å². The SMILES string of the molecule is c1ccc(-c2ccccc2-c2cc3cc(-c4ccccc4-c4ccccc4)c4ccccc4c3c3ccccc23)cc1. The van der Waals surface area contributed by atoms with Gasteiger partial charge in [-0.1, -0.05) is 158 Å². The van der Waals surface area contributed by atoms with E-state index in [0.717, 1.165) is 0 Å². The fourth-order valence-electron chi connectivity index (χ4n) is 6.60. The van der Waals surface area contributed by atoms with Crippen molar-refractivity contribution in [1.82, 2.24) is 0 Å². The van der Waals surface area contributed by atoms with Gasteiger partial charge in [0.25, 0.3) is 0 Å². The zero-order valence-corrected chi connectivity index (χ0v) is 23.2. The Morgan fingerprint density at radius 3 is 1.00 bits per heavy atom. The van der Waals surface area contributed by atoms with Crippen LogP contribution in [0.1, 0.15) is 0 Å². The van der Waals surface area contributed by atoms with Crippen molar-refractivity contribution in [2.45, 2.75) is 0 Å². The normalized spacial score (nSPS) is 11.3. The summed E-state index contributed by atoms with van der Waals surface area (Å²) in [7, 11) is 0. The largest absolute Gasteiger partial charge is 0.0622 e. The van der Waals surface area contributed by atoms with E-state index in [2.05, 4.69) is 170 Å². The molecule has 0 heteroatoms. The number of hydrogen-bond acceptors (Lipinski definition) is 0. The third-order valence-electron chi connectivity index (χ3n) is 8.47. The highest BCUT2D eigenvalue weighted by molar-refractivity contribution is 6.26. The van der Waals surface area contributed by atoms with E-state index in [0.29, 0.717) is 0 Å². The van der Waals surface area contributed by atoms with Crippen molar-refractivity contribution >= 4 is 32.3 Å². The number of fused-ring (bicyclic) bond motifs is 5. The smallest absolute Gasteiger partial charge is 0.00259 e. The van der Waals surface area contributed by atoms with Crippen LogP contribution in [0.4, 0.5) is 0 Å². The minimum Gasteiger partial charge on any atom is -0.0622 e. The summed E-state index contributed by atoms with van der Waals surface area (Å²) in [5.41, 5.74) is 9.98. The van der Waals surface area contributed by atoms with Crippen LogP contribution >= 0.6 is 0 Å². The van der Waals surface area contributed by atoms with Crippen molar-refractivity contribution in [3.63, 3.8) is 0 Å². The summed E-state index contributed by atoms with van der Waals surface area (Å²) in [4.78, 5) is 0. The second-order valence-electron chi connectivity index (χ2n) is 10.9. The summed E-state index contributed by atoms with van der Waals surface area (Å²) in [6.45, 7) is 0. The van der Waals surface area contributed by atoms with Gasteiger partial charge in [0.15, 0.2) is 0 Å². The first-order chi connectivity index (χ1) is 20.9. The molecule has 0 nitrogen and oxygen atoms in total. The first-order valence-corrected chi connectivity index (χ1v) is 14.5. The predicted molar refractivity (Wildman–Crippen MR) is 181 cm³/mol. The molecule has 0 N–H and O–H groups in total. The van der Waals surface area contributed by atoms with E-state index < -0.39 is 0 Å². The van der Waals surface area contributed by atoms with E-state index in [1.165, 1.54) is 76.8 Å². The molecule has 0 fully saturated rings. The zero-order chi connectivity index (χ0) is 27.9. The summed E-state index contributed by atoms with van der Waals surface area (Å²) in [5, 5.41) is 7.68. The molecule has 0 radical (unpaired) electrons. The van der Waals surface area contributed by atoms with Crippen LogP contribution in [-0.2, 0) is 0 Å². The fraction of sp³-hybridized carbons (Fsp3) is 0. The molecule has 0 amide bonds. The van der Waals surface area contributed by atoms with Gasteiger partial charge in [0.1, 0.15) is 0 Å². The van der Waals surface area contributed by atoms with Gasteiger partial charge in [-0.25, -0.2) is 0 Å². The second-order valence-corrected chi connectivity index (χ2v) is 10.9. The van der Waals surface area contributed by atoms with Crippen molar-refractivity contribution in [1.29, 1.82) is 0 Å². The van der Waals surface area contributed by atoms with Gasteiger partial charge in [-0.15, -0.1) is 0 Å². The molecule has 0 spiro atoms. The Bertz CT molecular complexity index is 2070. The summed E-state index contributed by atoms with van der Waals surface area (Å²) < 4.78 is 0. The van der Waals surface area contributed by atoms with Gasteiger partial charge in [-0.05, 0) is 89.0 Å². The maximum atomic E-state index is 2.42. The van der Waals surface area contributed by atoms with Gasteiger partial charge < -0.3 is 0 Å². The minimum absolute atomic E-state index is 1.23. The molecular formula is C42H28. The quantitative estimate of drug-likeness (QED) is 0.198. The van der Waals surface area contributed by atoms with Crippen LogP contribution in [0.15, 0.2) is 170 Å². The first-order valence-electron chi connectivity index (χ1n) is 14.5. The van der Waals surface area contributed by atoms with Crippen LogP contribution in [0, 0.1) is 0 Å². The summed E-state index contributed by atoms with van der Waals surface area (Å²) in [5.74, 6) is 0. The Morgan fingerprint density at radius 2 is 0.571 bits per heavy atom. The van der Waals surface area contributed by atoms with Gasteiger partial charge in [0, 0.05) is 0 Å². The van der Waals surface area contributed by atoms with Crippen LogP contribution in [0.2, 0.25) is 0 Å². The van der Waals surface area contributed by atoms with E-state index in [1.54, 1.807) is 0 Å². The standard InChI is InChI=1S/C42H28/c1-3-15-29(16-4-1)32-19-7-9-21-34(32)40-27-31-28-41(35-22-10-8-20-33(35)30-17-5-2-6-18-30)37-24-12-14-26-39(37)42(31)38-25-13-11-23-36(38)40/h1-28H. The highest BCUT2D eigenvalue weighted by atomic mass is 14.2. The summed E-state index contributed by atoms with van der Waals surface area (Å²) >= 11 is 0. The lowest BCUT2D eigenvalue weighted by Crippen LogP contribution is -1.91. The average Bonchev–Trinajstić information content (AvgIpc) is 3.08. The Hall–Kier alpha value is -5.46. The van der Waals surface area contributed by atoms with Crippen LogP contribution in [-0.4, -0.2) is 0 Å². The Morgan fingerprint density at radius 1 is 0.238 bits per heavy atom. The monoisotopic (exact) mass is 532 g/mol. The number of rotatable bonds is 4. The third-order valence-corrected chi connectivity index (χ3v) is 8.47. The molecule has 0 bridgehead atoms. The molecule has 0 saturated carbocycles. The molecular weight excluding hydrogens is 504 g/mol. The molecule has 0 aliphatic heterocycles. The van der Waals surface area contributed by atoms with Crippen molar-refractivity contribution in [3.8, 4) is 44.5 Å². The van der Waals surface area contributed by atoms with Crippen LogP contribution in [0.5, 0.6) is 0 Å². The molecule has 42 heavy (non-hydrogen) atoms. The molecule has 0 unspecified atom stereocenters. The molecule has 0 aromatic heterocycles. The molecule has 196 valence electrons. The van der Waals surface area contributed by atoms with Crippen molar-refractivity contribution in [2.75, 3.05) is 0 Å². The lowest BCUT2D eigenvalue weighted by atomic mass is 9.85. The fourth-order valence-corrected chi connectivity index (χ4v) is 6.60. The minimum atomic E-state index is 1.23. The second kappa shape index (κ2) is 10.2. The molecule has 8 aromatic rings. The van der Waals surface area contributed by atoms with Crippen LogP contribution in [0.3, 0.4) is 0 Å². The van der Waals surface area contributed by atoms with Crippen molar-refractivity contribution < 1.29 is 0 Å². The maximum absolute atomic E-state index is 2.42. The summed E-state index contributed by atoms with van der Waals surface area (Å²) in [6.07, 6.45) is 0. The molecule has 8 aromatic carbocycles. The molecule has 0 heterocycles. The highest BCUT2D eigenvalue weighted by Crippen LogP contribution is 2.45. The van der Waals surface area contributed by atoms with E-state index in [4.69, 9.17) is 0 Å². The zero-order valence-electron chi connectivity index (χ0n) is 23.2. The van der Waals surface area contributed by atoms with E-state index in [-0.39, 0.29) is 0 Å². The van der Waals surface area contributed by atoms with Gasteiger partial charge in [-0.2, -0.15) is 0 Å². The highest BCUT2D eigenvalue weighted by Gasteiger charge is 2.17. The Kier molecular flexibility index (Phi) is 5.90. The third kappa shape index (κ3) is 4.00. The molecule has 0 aliphatic carbocycles. The van der Waals surface area contributed by atoms with Gasteiger partial charge in [0.05, 0.1) is 0 Å². The molecule has 0 aliphatic rings. The Labute approximate surface area is 246 Å². The van der Waals surface area contributed by atoms with Crippen LogP contribution < -0.4 is 0 Å². The molecule has 0 atom stereocenters. The van der Waals surface area contributed by atoms with E-state index >= 15 is 0 Å². The van der Waals surface area contributed by atoms with Gasteiger partial charge in [0.2, 0.25) is 0 Å². The Balaban J connectivity index is 1.48. The van der Waals surface area contributed by atoms with Crippen LogP contribution in [0.25, 0.3) is 76.8 Å². The molecule has 0 saturated heterocycles.